The molecule has 3 aliphatic rings. The standard InChI is InChI=1S/C35H50N2O2/c1-35(2,22-27-12-6-3-7-13-27)23-28-18-20-36(21-19-28)24-31-25-37(26-32(31)29-14-8-4-9-15-29)33(34(38)39)30-16-10-5-11-17-30/h3-4,6-9,12-15,28,30-33H,5,10-11,16-26H2,1-2H3,(H,38,39)/t31-,32+,33+/m0/s1. The normalized spacial score (nSPS) is 25.1. The summed E-state index contributed by atoms with van der Waals surface area (Å²) in [7, 11) is 0. The van der Waals surface area contributed by atoms with E-state index < -0.39 is 5.97 Å². The zero-order valence-electron chi connectivity index (χ0n) is 24.3. The number of piperidine rings is 1. The van der Waals surface area contributed by atoms with E-state index in [1.165, 1.54) is 62.7 Å². The summed E-state index contributed by atoms with van der Waals surface area (Å²) in [5.41, 5.74) is 3.16. The fourth-order valence-electron chi connectivity index (χ4n) is 8.21. The van der Waals surface area contributed by atoms with Crippen LogP contribution < -0.4 is 0 Å². The predicted molar refractivity (Wildman–Crippen MR) is 160 cm³/mol. The van der Waals surface area contributed by atoms with E-state index in [0.29, 0.717) is 23.2 Å². The fraction of sp³-hybridized carbons (Fsp3) is 0.629. The van der Waals surface area contributed by atoms with Gasteiger partial charge in [0, 0.05) is 25.6 Å². The van der Waals surface area contributed by atoms with Crippen molar-refractivity contribution in [3.8, 4) is 0 Å². The highest BCUT2D eigenvalue weighted by Gasteiger charge is 2.43. The summed E-state index contributed by atoms with van der Waals surface area (Å²) in [6, 6.07) is 21.5. The SMILES string of the molecule is CC(C)(Cc1ccccc1)CC1CCN(C[C@H]2CN([C@@H](C(=O)O)C3CCCCC3)C[C@@H]2c2ccccc2)CC1. The van der Waals surface area contributed by atoms with Gasteiger partial charge in [-0.3, -0.25) is 9.69 Å². The van der Waals surface area contributed by atoms with Crippen LogP contribution in [0.25, 0.3) is 0 Å². The first-order valence-electron chi connectivity index (χ1n) is 15.7. The summed E-state index contributed by atoms with van der Waals surface area (Å²) in [4.78, 5) is 17.6. The largest absolute Gasteiger partial charge is 0.480 e. The van der Waals surface area contributed by atoms with Crippen molar-refractivity contribution < 1.29 is 9.90 Å². The third-order valence-electron chi connectivity index (χ3n) is 10.0. The molecule has 4 nitrogen and oxygen atoms in total. The minimum Gasteiger partial charge on any atom is -0.480 e. The molecule has 2 heterocycles. The molecule has 1 aliphatic carbocycles. The molecule has 2 aliphatic heterocycles. The maximum Gasteiger partial charge on any atom is 0.321 e. The van der Waals surface area contributed by atoms with E-state index in [0.717, 1.165) is 44.8 Å². The van der Waals surface area contributed by atoms with E-state index in [1.807, 2.05) is 0 Å². The average molecular weight is 531 g/mol. The minimum atomic E-state index is -0.603. The molecule has 0 spiro atoms. The maximum absolute atomic E-state index is 12.5. The number of benzene rings is 2. The molecule has 4 heteroatoms. The molecule has 0 amide bonds. The topological polar surface area (TPSA) is 43.8 Å². The van der Waals surface area contributed by atoms with Crippen molar-refractivity contribution >= 4 is 5.97 Å². The van der Waals surface area contributed by atoms with Crippen molar-refractivity contribution in [3.05, 3.63) is 71.8 Å². The summed E-state index contributed by atoms with van der Waals surface area (Å²) in [6.07, 6.45) is 10.8. The molecule has 3 atom stereocenters. The molecule has 0 aromatic heterocycles. The molecular weight excluding hydrogens is 480 g/mol. The molecule has 0 unspecified atom stereocenters. The lowest BCUT2D eigenvalue weighted by Crippen LogP contribution is -2.46. The Morgan fingerprint density at radius 3 is 2.18 bits per heavy atom. The Balaban J connectivity index is 1.20. The first-order valence-corrected chi connectivity index (χ1v) is 15.7. The Labute approximate surface area is 236 Å². The van der Waals surface area contributed by atoms with Gasteiger partial charge in [-0.1, -0.05) is 93.8 Å². The Hall–Kier alpha value is -2.17. The van der Waals surface area contributed by atoms with Crippen LogP contribution in [0.5, 0.6) is 0 Å². The number of carboxylic acids is 1. The molecule has 5 rings (SSSR count). The summed E-state index contributed by atoms with van der Waals surface area (Å²) >= 11 is 0. The van der Waals surface area contributed by atoms with Crippen LogP contribution in [0.2, 0.25) is 0 Å². The highest BCUT2D eigenvalue weighted by Crippen LogP contribution is 2.39. The van der Waals surface area contributed by atoms with Crippen molar-refractivity contribution in [3.63, 3.8) is 0 Å². The highest BCUT2D eigenvalue weighted by molar-refractivity contribution is 5.74. The van der Waals surface area contributed by atoms with Crippen LogP contribution >= 0.6 is 0 Å². The van der Waals surface area contributed by atoms with E-state index in [1.54, 1.807) is 0 Å². The first-order chi connectivity index (χ1) is 18.9. The van der Waals surface area contributed by atoms with Crippen LogP contribution in [0, 0.1) is 23.2 Å². The Morgan fingerprint density at radius 1 is 0.897 bits per heavy atom. The van der Waals surface area contributed by atoms with Crippen LogP contribution in [0.4, 0.5) is 0 Å². The quantitative estimate of drug-likeness (QED) is 0.356. The minimum absolute atomic E-state index is 0.307. The van der Waals surface area contributed by atoms with Crippen molar-refractivity contribution in [1.29, 1.82) is 0 Å². The highest BCUT2D eigenvalue weighted by atomic mass is 16.4. The number of aliphatic carboxylic acids is 1. The van der Waals surface area contributed by atoms with Gasteiger partial charge in [-0.15, -0.1) is 0 Å². The molecule has 1 saturated carbocycles. The van der Waals surface area contributed by atoms with Crippen molar-refractivity contribution in [2.75, 3.05) is 32.7 Å². The lowest BCUT2D eigenvalue weighted by Gasteiger charge is -2.38. The molecule has 2 aromatic carbocycles. The van der Waals surface area contributed by atoms with E-state index in [9.17, 15) is 9.90 Å². The van der Waals surface area contributed by atoms with Gasteiger partial charge >= 0.3 is 5.97 Å². The molecule has 0 bridgehead atoms. The monoisotopic (exact) mass is 530 g/mol. The summed E-state index contributed by atoms with van der Waals surface area (Å²) < 4.78 is 0. The van der Waals surface area contributed by atoms with Gasteiger partial charge in [0.1, 0.15) is 6.04 Å². The Morgan fingerprint density at radius 2 is 1.54 bits per heavy atom. The van der Waals surface area contributed by atoms with Crippen LogP contribution in [-0.2, 0) is 11.2 Å². The van der Waals surface area contributed by atoms with E-state index in [-0.39, 0.29) is 6.04 Å². The third-order valence-corrected chi connectivity index (χ3v) is 10.0. The van der Waals surface area contributed by atoms with Gasteiger partial charge in [0.25, 0.3) is 0 Å². The average Bonchev–Trinajstić information content (AvgIpc) is 3.34. The number of carbonyl (C=O) groups is 1. The number of likely N-dealkylation sites (tertiary alicyclic amines) is 2. The van der Waals surface area contributed by atoms with Gasteiger partial charge in [-0.2, -0.15) is 0 Å². The van der Waals surface area contributed by atoms with Gasteiger partial charge in [-0.25, -0.2) is 0 Å². The number of nitrogens with zero attached hydrogens (tertiary/aromatic N) is 2. The molecule has 39 heavy (non-hydrogen) atoms. The number of hydrogen-bond acceptors (Lipinski definition) is 3. The van der Waals surface area contributed by atoms with Crippen LogP contribution in [0.3, 0.4) is 0 Å². The number of rotatable bonds is 10. The molecular formula is C35H50N2O2. The lowest BCUT2D eigenvalue weighted by molar-refractivity contribution is -0.145. The predicted octanol–water partition coefficient (Wildman–Crippen LogP) is 7.11. The van der Waals surface area contributed by atoms with Gasteiger partial charge in [0.05, 0.1) is 0 Å². The van der Waals surface area contributed by atoms with Gasteiger partial charge in [0.15, 0.2) is 0 Å². The number of carboxylic acid groups (broad SMARTS) is 1. The zero-order chi connectivity index (χ0) is 27.2. The van der Waals surface area contributed by atoms with Gasteiger partial charge in [0.2, 0.25) is 0 Å². The Bertz CT molecular complexity index is 1030. The molecule has 0 radical (unpaired) electrons. The summed E-state index contributed by atoms with van der Waals surface area (Å²) in [5.74, 6) is 1.41. The van der Waals surface area contributed by atoms with E-state index in [2.05, 4.69) is 84.3 Å². The molecule has 2 saturated heterocycles. The molecule has 2 aromatic rings. The lowest BCUT2D eigenvalue weighted by atomic mass is 9.75. The van der Waals surface area contributed by atoms with Crippen molar-refractivity contribution in [2.24, 2.45) is 23.2 Å². The second-order valence-electron chi connectivity index (χ2n) is 13.7. The molecule has 3 fully saturated rings. The van der Waals surface area contributed by atoms with Crippen molar-refractivity contribution in [2.45, 2.75) is 83.6 Å². The van der Waals surface area contributed by atoms with E-state index >= 15 is 0 Å². The summed E-state index contributed by atoms with van der Waals surface area (Å²) in [6.45, 7) is 10.1. The number of hydrogen-bond donors (Lipinski definition) is 1. The smallest absolute Gasteiger partial charge is 0.321 e. The molecule has 212 valence electrons. The molecule has 1 N–H and O–H groups in total. The second kappa shape index (κ2) is 13.0. The summed E-state index contributed by atoms with van der Waals surface area (Å²) in [5, 5.41) is 10.3. The van der Waals surface area contributed by atoms with Gasteiger partial charge < -0.3 is 10.0 Å². The maximum atomic E-state index is 12.5. The van der Waals surface area contributed by atoms with Crippen LogP contribution in [0.1, 0.15) is 82.3 Å². The zero-order valence-corrected chi connectivity index (χ0v) is 24.3. The first kappa shape index (κ1) is 28.4. The third kappa shape index (κ3) is 7.52. The fourth-order valence-corrected chi connectivity index (χ4v) is 8.21. The van der Waals surface area contributed by atoms with Gasteiger partial charge in [-0.05, 0) is 85.9 Å². The van der Waals surface area contributed by atoms with Crippen LogP contribution in [0.15, 0.2) is 60.7 Å². The van der Waals surface area contributed by atoms with E-state index in [4.69, 9.17) is 0 Å². The van der Waals surface area contributed by atoms with Crippen molar-refractivity contribution in [1.82, 2.24) is 9.80 Å². The van der Waals surface area contributed by atoms with Crippen LogP contribution in [-0.4, -0.2) is 59.6 Å². The second-order valence-corrected chi connectivity index (χ2v) is 13.7. The Kier molecular flexibility index (Phi) is 9.45.